The largest absolute Gasteiger partial charge is 0.492 e. The van der Waals surface area contributed by atoms with Gasteiger partial charge in [-0.15, -0.1) is 0 Å². The molecular formula is C17H16ClNO2. The highest BCUT2D eigenvalue weighted by Crippen LogP contribution is 2.11. The van der Waals surface area contributed by atoms with Gasteiger partial charge in [-0.05, 0) is 35.9 Å². The molecule has 0 spiro atoms. The van der Waals surface area contributed by atoms with Crippen molar-refractivity contribution in [3.05, 3.63) is 71.3 Å². The standard InChI is InChI=1S/C17H16ClNO2/c18-15-6-4-5-14(13-15)9-10-17(20)19-11-12-21-16-7-2-1-3-8-16/h1-10,13H,11-12H2,(H,19,20). The van der Waals surface area contributed by atoms with Gasteiger partial charge in [0.15, 0.2) is 0 Å². The summed E-state index contributed by atoms with van der Waals surface area (Å²) < 4.78 is 5.48. The minimum absolute atomic E-state index is 0.161. The molecule has 0 heterocycles. The fourth-order valence-electron chi connectivity index (χ4n) is 1.70. The molecule has 1 N–H and O–H groups in total. The molecule has 3 nitrogen and oxygen atoms in total. The smallest absolute Gasteiger partial charge is 0.244 e. The molecule has 0 aromatic heterocycles. The van der Waals surface area contributed by atoms with Gasteiger partial charge in [-0.2, -0.15) is 0 Å². The van der Waals surface area contributed by atoms with Gasteiger partial charge in [0, 0.05) is 11.1 Å². The summed E-state index contributed by atoms with van der Waals surface area (Å²) in [6, 6.07) is 16.8. The summed E-state index contributed by atoms with van der Waals surface area (Å²) in [5, 5.41) is 3.40. The third-order valence-electron chi connectivity index (χ3n) is 2.69. The number of benzene rings is 2. The fraction of sp³-hybridized carbons (Fsp3) is 0.118. The number of halogens is 1. The maximum Gasteiger partial charge on any atom is 0.244 e. The Bertz CT molecular complexity index is 611. The molecule has 0 fully saturated rings. The molecule has 0 atom stereocenters. The molecule has 0 bridgehead atoms. The lowest BCUT2D eigenvalue weighted by atomic mass is 10.2. The highest BCUT2D eigenvalue weighted by atomic mass is 35.5. The van der Waals surface area contributed by atoms with Gasteiger partial charge in [-0.3, -0.25) is 4.79 Å². The molecule has 108 valence electrons. The molecule has 0 saturated carbocycles. The minimum Gasteiger partial charge on any atom is -0.492 e. The first-order chi connectivity index (χ1) is 10.2. The van der Waals surface area contributed by atoms with Gasteiger partial charge in [0.2, 0.25) is 5.91 Å². The number of ether oxygens (including phenoxy) is 1. The van der Waals surface area contributed by atoms with Crippen LogP contribution in [0.3, 0.4) is 0 Å². The monoisotopic (exact) mass is 301 g/mol. The second kappa shape index (κ2) is 8.12. The van der Waals surface area contributed by atoms with Gasteiger partial charge < -0.3 is 10.1 Å². The molecule has 0 unspecified atom stereocenters. The highest BCUT2D eigenvalue weighted by molar-refractivity contribution is 6.30. The van der Waals surface area contributed by atoms with Crippen molar-refractivity contribution in [1.29, 1.82) is 0 Å². The molecule has 1 amide bonds. The Balaban J connectivity index is 1.70. The summed E-state index contributed by atoms with van der Waals surface area (Å²) in [6.07, 6.45) is 3.20. The fourth-order valence-corrected chi connectivity index (χ4v) is 1.90. The molecule has 21 heavy (non-hydrogen) atoms. The first-order valence-corrected chi connectivity index (χ1v) is 7.01. The van der Waals surface area contributed by atoms with Gasteiger partial charge in [0.05, 0.1) is 6.54 Å². The lowest BCUT2D eigenvalue weighted by molar-refractivity contribution is -0.116. The van der Waals surface area contributed by atoms with E-state index in [0.717, 1.165) is 11.3 Å². The molecule has 2 rings (SSSR count). The Hall–Kier alpha value is -2.26. The van der Waals surface area contributed by atoms with Crippen LogP contribution >= 0.6 is 11.6 Å². The lowest BCUT2D eigenvalue weighted by Gasteiger charge is -2.06. The van der Waals surface area contributed by atoms with Crippen molar-refractivity contribution >= 4 is 23.6 Å². The third kappa shape index (κ3) is 5.71. The van der Waals surface area contributed by atoms with Crippen molar-refractivity contribution in [2.24, 2.45) is 0 Å². The lowest BCUT2D eigenvalue weighted by Crippen LogP contribution is -2.26. The van der Waals surface area contributed by atoms with E-state index in [4.69, 9.17) is 16.3 Å². The first kappa shape index (κ1) is 15.1. The number of hydrogen-bond donors (Lipinski definition) is 1. The van der Waals surface area contributed by atoms with Crippen molar-refractivity contribution < 1.29 is 9.53 Å². The summed E-state index contributed by atoms with van der Waals surface area (Å²) in [6.45, 7) is 0.883. The van der Waals surface area contributed by atoms with Crippen LogP contribution in [-0.4, -0.2) is 19.1 Å². The average molecular weight is 302 g/mol. The predicted molar refractivity (Wildman–Crippen MR) is 85.4 cm³/mol. The number of hydrogen-bond acceptors (Lipinski definition) is 2. The Morgan fingerprint density at radius 1 is 1.14 bits per heavy atom. The van der Waals surface area contributed by atoms with Gasteiger partial charge >= 0.3 is 0 Å². The molecule has 2 aromatic carbocycles. The summed E-state index contributed by atoms with van der Waals surface area (Å²) in [5.74, 6) is 0.632. The number of carbonyl (C=O) groups is 1. The van der Waals surface area contributed by atoms with Crippen molar-refractivity contribution in [2.45, 2.75) is 0 Å². The average Bonchev–Trinajstić information content (AvgIpc) is 2.51. The van der Waals surface area contributed by atoms with Gasteiger partial charge in [0.25, 0.3) is 0 Å². The van der Waals surface area contributed by atoms with Crippen LogP contribution in [-0.2, 0) is 4.79 Å². The van der Waals surface area contributed by atoms with E-state index in [1.165, 1.54) is 6.08 Å². The number of para-hydroxylation sites is 1. The van der Waals surface area contributed by atoms with E-state index < -0.39 is 0 Å². The second-order valence-corrected chi connectivity index (χ2v) is 4.78. The zero-order valence-electron chi connectivity index (χ0n) is 11.5. The topological polar surface area (TPSA) is 38.3 Å². The van der Waals surface area contributed by atoms with E-state index in [1.807, 2.05) is 42.5 Å². The molecule has 0 aliphatic heterocycles. The Labute approximate surface area is 129 Å². The predicted octanol–water partition coefficient (Wildman–Crippen LogP) is 3.55. The third-order valence-corrected chi connectivity index (χ3v) is 2.92. The Morgan fingerprint density at radius 2 is 1.95 bits per heavy atom. The van der Waals surface area contributed by atoms with Crippen molar-refractivity contribution in [3.8, 4) is 5.75 Å². The molecule has 4 heteroatoms. The van der Waals surface area contributed by atoms with Crippen LogP contribution in [0.25, 0.3) is 6.08 Å². The van der Waals surface area contributed by atoms with Gasteiger partial charge in [-0.25, -0.2) is 0 Å². The molecule has 0 aliphatic rings. The molecule has 0 radical (unpaired) electrons. The second-order valence-electron chi connectivity index (χ2n) is 4.34. The number of carbonyl (C=O) groups excluding carboxylic acids is 1. The van der Waals surface area contributed by atoms with E-state index in [1.54, 1.807) is 18.2 Å². The van der Waals surface area contributed by atoms with Crippen LogP contribution in [0.1, 0.15) is 5.56 Å². The summed E-state index contributed by atoms with van der Waals surface area (Å²) in [7, 11) is 0. The van der Waals surface area contributed by atoms with E-state index in [0.29, 0.717) is 18.2 Å². The van der Waals surface area contributed by atoms with Crippen LogP contribution < -0.4 is 10.1 Å². The SMILES string of the molecule is O=C(C=Cc1cccc(Cl)c1)NCCOc1ccccc1. The molecule has 0 aliphatic carbocycles. The molecular weight excluding hydrogens is 286 g/mol. The number of rotatable bonds is 6. The van der Waals surface area contributed by atoms with Crippen LogP contribution in [0.5, 0.6) is 5.75 Å². The summed E-state index contributed by atoms with van der Waals surface area (Å²) >= 11 is 5.87. The quantitative estimate of drug-likeness (QED) is 0.654. The van der Waals surface area contributed by atoms with Gasteiger partial charge in [-0.1, -0.05) is 41.9 Å². The minimum atomic E-state index is -0.161. The summed E-state index contributed by atoms with van der Waals surface area (Å²) in [5.41, 5.74) is 0.887. The van der Waals surface area contributed by atoms with Crippen molar-refractivity contribution in [2.75, 3.05) is 13.2 Å². The van der Waals surface area contributed by atoms with Crippen LogP contribution in [0.4, 0.5) is 0 Å². The molecule has 2 aromatic rings. The van der Waals surface area contributed by atoms with E-state index in [9.17, 15) is 4.79 Å². The Kier molecular flexibility index (Phi) is 5.85. The zero-order valence-corrected chi connectivity index (χ0v) is 12.2. The van der Waals surface area contributed by atoms with Crippen LogP contribution in [0.15, 0.2) is 60.7 Å². The maximum atomic E-state index is 11.6. The van der Waals surface area contributed by atoms with Gasteiger partial charge in [0.1, 0.15) is 12.4 Å². The van der Waals surface area contributed by atoms with Crippen LogP contribution in [0.2, 0.25) is 5.02 Å². The molecule has 0 saturated heterocycles. The van der Waals surface area contributed by atoms with E-state index in [-0.39, 0.29) is 5.91 Å². The Morgan fingerprint density at radius 3 is 2.71 bits per heavy atom. The maximum absolute atomic E-state index is 11.6. The van der Waals surface area contributed by atoms with Crippen molar-refractivity contribution in [1.82, 2.24) is 5.32 Å². The van der Waals surface area contributed by atoms with Crippen molar-refractivity contribution in [3.63, 3.8) is 0 Å². The van der Waals surface area contributed by atoms with E-state index in [2.05, 4.69) is 5.32 Å². The first-order valence-electron chi connectivity index (χ1n) is 6.63. The number of amides is 1. The van der Waals surface area contributed by atoms with Crippen LogP contribution in [0, 0.1) is 0 Å². The zero-order chi connectivity index (χ0) is 14.9. The number of nitrogens with one attached hydrogen (secondary N) is 1. The normalized spacial score (nSPS) is 10.5. The summed E-state index contributed by atoms with van der Waals surface area (Å²) in [4.78, 5) is 11.6. The highest BCUT2D eigenvalue weighted by Gasteiger charge is 1.96. The van der Waals surface area contributed by atoms with E-state index >= 15 is 0 Å².